The Kier molecular flexibility index (Phi) is 57.7. The van der Waals surface area contributed by atoms with Crippen molar-refractivity contribution in [3.05, 3.63) is 36.5 Å². The molecule has 0 aromatic heterocycles. The van der Waals surface area contributed by atoms with E-state index in [0.29, 0.717) is 12.8 Å². The third-order valence-electron chi connectivity index (χ3n) is 14.4. The summed E-state index contributed by atoms with van der Waals surface area (Å²) in [6, 6.07) is -0.540. The van der Waals surface area contributed by atoms with E-state index in [0.717, 1.165) is 38.5 Å². The fourth-order valence-corrected chi connectivity index (χ4v) is 9.73. The maximum atomic E-state index is 12.5. The molecule has 4 nitrogen and oxygen atoms in total. The van der Waals surface area contributed by atoms with Crippen molar-refractivity contribution in [2.24, 2.45) is 0 Å². The molecule has 0 saturated heterocycles. The van der Waals surface area contributed by atoms with Gasteiger partial charge in [-0.05, 0) is 51.4 Å². The molecular formula is C63H121NO3. The Hall–Kier alpha value is -1.39. The van der Waals surface area contributed by atoms with Crippen molar-refractivity contribution in [3.63, 3.8) is 0 Å². The SMILES string of the molecule is CCCCCCC/C=C\C/C=C\C/C=C\CCCCCCCCCCCCC(=O)NC(CO)C(O)CCCCCCCCCCCCCCCCCCCCCCCCCCCCCCCC. The van der Waals surface area contributed by atoms with Crippen LogP contribution in [-0.2, 0) is 4.79 Å². The molecule has 0 aliphatic carbocycles. The van der Waals surface area contributed by atoms with E-state index in [4.69, 9.17) is 0 Å². The Morgan fingerprint density at radius 1 is 0.358 bits per heavy atom. The predicted molar refractivity (Wildman–Crippen MR) is 299 cm³/mol. The smallest absolute Gasteiger partial charge is 0.220 e. The lowest BCUT2D eigenvalue weighted by Gasteiger charge is -2.22. The Morgan fingerprint density at radius 2 is 0.612 bits per heavy atom. The summed E-state index contributed by atoms with van der Waals surface area (Å²) in [6.45, 7) is 4.38. The molecule has 0 bridgehead atoms. The molecule has 0 saturated carbocycles. The van der Waals surface area contributed by atoms with Crippen molar-refractivity contribution in [2.75, 3.05) is 6.61 Å². The molecule has 67 heavy (non-hydrogen) atoms. The minimum absolute atomic E-state index is 0.0309. The molecule has 3 N–H and O–H groups in total. The number of aliphatic hydroxyl groups excluding tert-OH is 2. The highest BCUT2D eigenvalue weighted by atomic mass is 16.3. The number of hydrogen-bond donors (Lipinski definition) is 3. The van der Waals surface area contributed by atoms with E-state index in [1.165, 1.54) is 276 Å². The first-order chi connectivity index (χ1) is 33.2. The van der Waals surface area contributed by atoms with Crippen LogP contribution < -0.4 is 5.32 Å². The van der Waals surface area contributed by atoms with Crippen molar-refractivity contribution in [1.82, 2.24) is 5.32 Å². The zero-order valence-corrected chi connectivity index (χ0v) is 45.7. The number of aliphatic hydroxyl groups is 2. The minimum atomic E-state index is -0.663. The lowest BCUT2D eigenvalue weighted by atomic mass is 10.0. The quantitative estimate of drug-likeness (QED) is 0.0420. The second-order valence-corrected chi connectivity index (χ2v) is 21.1. The van der Waals surface area contributed by atoms with Crippen LogP contribution in [0, 0.1) is 0 Å². The van der Waals surface area contributed by atoms with Gasteiger partial charge in [0.2, 0.25) is 5.91 Å². The van der Waals surface area contributed by atoms with Crippen LogP contribution in [0.4, 0.5) is 0 Å². The lowest BCUT2D eigenvalue weighted by molar-refractivity contribution is -0.123. The van der Waals surface area contributed by atoms with Crippen LogP contribution in [0.15, 0.2) is 36.5 Å². The summed E-state index contributed by atoms with van der Waals surface area (Å²) >= 11 is 0. The van der Waals surface area contributed by atoms with Crippen LogP contribution in [0.5, 0.6) is 0 Å². The number of allylic oxidation sites excluding steroid dienone is 6. The van der Waals surface area contributed by atoms with Crippen LogP contribution in [-0.4, -0.2) is 34.9 Å². The van der Waals surface area contributed by atoms with Gasteiger partial charge < -0.3 is 15.5 Å². The van der Waals surface area contributed by atoms with Gasteiger partial charge in [0.05, 0.1) is 18.8 Å². The molecular weight excluding hydrogens is 819 g/mol. The highest BCUT2D eigenvalue weighted by Gasteiger charge is 2.20. The zero-order valence-electron chi connectivity index (χ0n) is 45.7. The maximum absolute atomic E-state index is 12.5. The van der Waals surface area contributed by atoms with Crippen molar-refractivity contribution in [1.29, 1.82) is 0 Å². The molecule has 0 aromatic rings. The molecule has 396 valence electrons. The zero-order chi connectivity index (χ0) is 48.5. The van der Waals surface area contributed by atoms with Gasteiger partial charge in [0.15, 0.2) is 0 Å². The molecule has 0 aliphatic heterocycles. The van der Waals surface area contributed by atoms with E-state index >= 15 is 0 Å². The van der Waals surface area contributed by atoms with Gasteiger partial charge in [-0.15, -0.1) is 0 Å². The van der Waals surface area contributed by atoms with E-state index in [1.54, 1.807) is 0 Å². The van der Waals surface area contributed by atoms with Crippen molar-refractivity contribution in [3.8, 4) is 0 Å². The Labute approximate surface area is 421 Å². The highest BCUT2D eigenvalue weighted by Crippen LogP contribution is 2.18. The topological polar surface area (TPSA) is 69.6 Å². The number of hydrogen-bond acceptors (Lipinski definition) is 3. The van der Waals surface area contributed by atoms with Gasteiger partial charge in [-0.25, -0.2) is 0 Å². The summed E-state index contributed by atoms with van der Waals surface area (Å²) < 4.78 is 0. The van der Waals surface area contributed by atoms with Crippen LogP contribution in [0.1, 0.15) is 341 Å². The van der Waals surface area contributed by atoms with Gasteiger partial charge in [0.1, 0.15) is 0 Å². The third kappa shape index (κ3) is 55.4. The summed E-state index contributed by atoms with van der Waals surface area (Å²) in [5.74, 6) is -0.0309. The highest BCUT2D eigenvalue weighted by molar-refractivity contribution is 5.76. The first kappa shape index (κ1) is 65.6. The van der Waals surface area contributed by atoms with Crippen LogP contribution >= 0.6 is 0 Å². The molecule has 0 aromatic carbocycles. The van der Waals surface area contributed by atoms with Gasteiger partial charge in [-0.3, -0.25) is 4.79 Å². The Morgan fingerprint density at radius 3 is 0.910 bits per heavy atom. The predicted octanol–water partition coefficient (Wildman–Crippen LogP) is 20.4. The number of unbranched alkanes of at least 4 members (excludes halogenated alkanes) is 44. The number of rotatable bonds is 57. The normalized spacial score (nSPS) is 13.0. The first-order valence-corrected chi connectivity index (χ1v) is 30.7. The summed E-state index contributed by atoms with van der Waals surface area (Å²) in [6.07, 6.45) is 80.1. The molecule has 2 unspecified atom stereocenters. The van der Waals surface area contributed by atoms with Crippen LogP contribution in [0.2, 0.25) is 0 Å². The molecule has 0 spiro atoms. The molecule has 4 heteroatoms. The van der Waals surface area contributed by atoms with Crippen molar-refractivity contribution in [2.45, 2.75) is 353 Å². The molecule has 0 radical (unpaired) electrons. The minimum Gasteiger partial charge on any atom is -0.394 e. The maximum Gasteiger partial charge on any atom is 0.220 e. The van der Waals surface area contributed by atoms with Crippen molar-refractivity contribution >= 4 is 5.91 Å². The second-order valence-electron chi connectivity index (χ2n) is 21.1. The molecule has 0 aliphatic rings. The number of nitrogens with one attached hydrogen (secondary N) is 1. The van der Waals surface area contributed by atoms with Crippen LogP contribution in [0.25, 0.3) is 0 Å². The van der Waals surface area contributed by atoms with Gasteiger partial charge in [-0.2, -0.15) is 0 Å². The summed E-state index contributed by atoms with van der Waals surface area (Å²) in [5, 5.41) is 23.4. The monoisotopic (exact) mass is 940 g/mol. The molecule has 0 heterocycles. The third-order valence-corrected chi connectivity index (χ3v) is 14.4. The van der Waals surface area contributed by atoms with E-state index in [1.807, 2.05) is 0 Å². The van der Waals surface area contributed by atoms with E-state index in [9.17, 15) is 15.0 Å². The van der Waals surface area contributed by atoms with Gasteiger partial charge in [-0.1, -0.05) is 320 Å². The molecule has 0 rings (SSSR count). The van der Waals surface area contributed by atoms with E-state index < -0.39 is 12.1 Å². The Balaban J connectivity index is 3.43. The number of carbonyl (C=O) groups excluding carboxylic acids is 1. The fraction of sp³-hybridized carbons (Fsp3) is 0.889. The van der Waals surface area contributed by atoms with Crippen LogP contribution in [0.3, 0.4) is 0 Å². The second kappa shape index (κ2) is 58.9. The summed E-state index contributed by atoms with van der Waals surface area (Å²) in [4.78, 5) is 12.5. The van der Waals surface area contributed by atoms with Gasteiger partial charge in [0.25, 0.3) is 0 Å². The number of carbonyl (C=O) groups is 1. The molecule has 0 fully saturated rings. The van der Waals surface area contributed by atoms with Crippen molar-refractivity contribution < 1.29 is 15.0 Å². The average Bonchev–Trinajstić information content (AvgIpc) is 3.33. The summed E-state index contributed by atoms with van der Waals surface area (Å²) in [5.41, 5.74) is 0. The largest absolute Gasteiger partial charge is 0.394 e. The van der Waals surface area contributed by atoms with E-state index in [2.05, 4.69) is 55.6 Å². The van der Waals surface area contributed by atoms with Gasteiger partial charge >= 0.3 is 0 Å². The van der Waals surface area contributed by atoms with Gasteiger partial charge in [0, 0.05) is 6.42 Å². The Bertz CT molecular complexity index is 1020. The molecule has 2 atom stereocenters. The summed E-state index contributed by atoms with van der Waals surface area (Å²) in [7, 11) is 0. The van der Waals surface area contributed by atoms with E-state index in [-0.39, 0.29) is 12.5 Å². The fourth-order valence-electron chi connectivity index (χ4n) is 9.73. The first-order valence-electron chi connectivity index (χ1n) is 30.7. The lowest BCUT2D eigenvalue weighted by Crippen LogP contribution is -2.45. The number of amides is 1. The standard InChI is InChI=1S/C63H121NO3/c1-3-5-7-9-11-13-15-17-19-21-23-25-27-29-30-31-32-33-35-36-38-40-42-44-46-48-50-52-54-56-58-62(66)61(60-65)64-63(67)59-57-55-53-51-49-47-45-43-41-39-37-34-28-26-24-22-20-18-16-14-12-10-8-6-4-2/h16,18,22,24,28,34,61-62,65-66H,3-15,17,19-21,23,25-27,29-33,35-60H2,1-2H3,(H,64,67)/b18-16-,24-22-,34-28-. The average molecular weight is 941 g/mol. The molecule has 1 amide bonds.